The molecule has 0 aliphatic heterocycles. The molecule has 1 aromatic carbocycles. The van der Waals surface area contributed by atoms with Crippen LogP contribution in [0.15, 0.2) is 34.9 Å². The largest absolute Gasteiger partial charge is 0.337 e. The fraction of sp³-hybridized carbons (Fsp3) is 0.273. The van der Waals surface area contributed by atoms with Crippen LogP contribution in [0.3, 0.4) is 0 Å². The molecule has 0 saturated heterocycles. The van der Waals surface area contributed by atoms with Crippen LogP contribution in [0, 0.1) is 6.33 Å². The maximum atomic E-state index is 4.90. The first-order chi connectivity index (χ1) is 7.36. The Bertz CT molecular complexity index is 385. The van der Waals surface area contributed by atoms with E-state index in [1.54, 1.807) is 0 Å². The van der Waals surface area contributed by atoms with E-state index < -0.39 is 0 Å². The Balaban J connectivity index is 1.89. The molecule has 0 saturated carbocycles. The molecule has 0 aliphatic carbocycles. The van der Waals surface area contributed by atoms with E-state index in [0.717, 1.165) is 6.54 Å². The third-order valence-corrected chi connectivity index (χ3v) is 2.17. The topological polar surface area (TPSA) is 51.0 Å². The molecule has 2 aromatic rings. The third kappa shape index (κ3) is 2.63. The first-order valence-electron chi connectivity index (χ1n) is 4.83. The molecule has 4 heteroatoms. The van der Waals surface area contributed by atoms with Crippen molar-refractivity contribution in [2.75, 3.05) is 0 Å². The average Bonchev–Trinajstić information content (AvgIpc) is 2.81. The summed E-state index contributed by atoms with van der Waals surface area (Å²) in [4.78, 5) is 3.86. The third-order valence-electron chi connectivity index (χ3n) is 2.17. The average molecular weight is 202 g/mol. The van der Waals surface area contributed by atoms with Gasteiger partial charge in [-0.25, -0.2) is 0 Å². The Labute approximate surface area is 88.3 Å². The Morgan fingerprint density at radius 2 is 2.20 bits per heavy atom. The highest BCUT2D eigenvalue weighted by molar-refractivity contribution is 5.14. The van der Waals surface area contributed by atoms with Gasteiger partial charge in [-0.3, -0.25) is 0 Å². The fourth-order valence-corrected chi connectivity index (χ4v) is 1.29. The summed E-state index contributed by atoms with van der Waals surface area (Å²) < 4.78 is 4.90. The predicted molar refractivity (Wildman–Crippen MR) is 54.8 cm³/mol. The number of rotatable bonds is 4. The van der Waals surface area contributed by atoms with Gasteiger partial charge in [0.05, 0.1) is 6.04 Å². The summed E-state index contributed by atoms with van der Waals surface area (Å²) in [5.41, 5.74) is 1.23. The minimum atomic E-state index is 0.0453. The van der Waals surface area contributed by atoms with Crippen molar-refractivity contribution in [1.82, 2.24) is 15.5 Å². The van der Waals surface area contributed by atoms with E-state index in [-0.39, 0.29) is 6.04 Å². The summed E-state index contributed by atoms with van der Waals surface area (Å²) in [5, 5.41) is 6.73. The van der Waals surface area contributed by atoms with Crippen LogP contribution < -0.4 is 5.32 Å². The molecule has 0 bridgehead atoms. The van der Waals surface area contributed by atoms with Crippen molar-refractivity contribution >= 4 is 0 Å². The summed E-state index contributed by atoms with van der Waals surface area (Å²) >= 11 is 0. The van der Waals surface area contributed by atoms with Gasteiger partial charge in [-0.2, -0.15) is 4.98 Å². The summed E-state index contributed by atoms with van der Waals surface area (Å²) in [6, 6.07) is 10.2. The lowest BCUT2D eigenvalue weighted by atomic mass is 10.2. The number of hydrogen-bond donors (Lipinski definition) is 1. The number of nitrogens with one attached hydrogen (secondary N) is 1. The second-order valence-electron chi connectivity index (χ2n) is 3.32. The molecular weight excluding hydrogens is 190 g/mol. The quantitative estimate of drug-likeness (QED) is 0.820. The number of nitrogens with zero attached hydrogens (tertiary/aromatic N) is 2. The van der Waals surface area contributed by atoms with Gasteiger partial charge in [0, 0.05) is 6.54 Å². The Kier molecular flexibility index (Phi) is 3.09. The maximum Gasteiger partial charge on any atom is 0.243 e. The molecule has 1 N–H and O–H groups in total. The van der Waals surface area contributed by atoms with Gasteiger partial charge >= 0.3 is 0 Å². The molecule has 0 fully saturated rings. The second kappa shape index (κ2) is 4.70. The zero-order valence-electron chi connectivity index (χ0n) is 8.47. The van der Waals surface area contributed by atoms with Gasteiger partial charge in [0.15, 0.2) is 0 Å². The SMILES string of the molecule is CC(NCc1ccccc1)c1n[c]no1. The number of aromatic nitrogens is 2. The van der Waals surface area contributed by atoms with Gasteiger partial charge in [-0.1, -0.05) is 35.5 Å². The number of benzene rings is 1. The standard InChI is InChI=1S/C11H12N3O/c1-9(11-13-8-14-15-11)12-7-10-5-3-2-4-6-10/h2-6,9,12H,7H2,1H3. The molecular formula is C11H12N3O. The second-order valence-corrected chi connectivity index (χ2v) is 3.32. The van der Waals surface area contributed by atoms with Crippen molar-refractivity contribution in [1.29, 1.82) is 0 Å². The van der Waals surface area contributed by atoms with Gasteiger partial charge in [-0.15, -0.1) is 0 Å². The van der Waals surface area contributed by atoms with E-state index >= 15 is 0 Å². The van der Waals surface area contributed by atoms with Crippen molar-refractivity contribution in [2.24, 2.45) is 0 Å². The Hall–Kier alpha value is -1.68. The smallest absolute Gasteiger partial charge is 0.243 e. The molecule has 1 radical (unpaired) electrons. The summed E-state index contributed by atoms with van der Waals surface area (Å²) in [7, 11) is 0. The molecule has 1 aromatic heterocycles. The van der Waals surface area contributed by atoms with Gasteiger partial charge < -0.3 is 9.84 Å². The zero-order chi connectivity index (χ0) is 10.5. The fourth-order valence-electron chi connectivity index (χ4n) is 1.29. The van der Waals surface area contributed by atoms with E-state index in [2.05, 4.69) is 33.9 Å². The lowest BCUT2D eigenvalue weighted by molar-refractivity contribution is 0.337. The molecule has 1 unspecified atom stereocenters. The van der Waals surface area contributed by atoms with Gasteiger partial charge in [-0.05, 0) is 12.5 Å². The summed E-state index contributed by atoms with van der Waals surface area (Å²) in [5.74, 6) is 0.561. The Morgan fingerprint density at radius 3 is 2.87 bits per heavy atom. The van der Waals surface area contributed by atoms with Crippen molar-refractivity contribution in [3.8, 4) is 0 Å². The van der Waals surface area contributed by atoms with E-state index in [1.807, 2.05) is 25.1 Å². The zero-order valence-corrected chi connectivity index (χ0v) is 8.47. The van der Waals surface area contributed by atoms with E-state index in [9.17, 15) is 0 Å². The molecule has 1 atom stereocenters. The van der Waals surface area contributed by atoms with Crippen LogP contribution in [0.1, 0.15) is 24.4 Å². The molecule has 15 heavy (non-hydrogen) atoms. The van der Waals surface area contributed by atoms with Crippen molar-refractivity contribution in [3.63, 3.8) is 0 Å². The molecule has 77 valence electrons. The van der Waals surface area contributed by atoms with Crippen molar-refractivity contribution < 1.29 is 4.52 Å². The van der Waals surface area contributed by atoms with Crippen LogP contribution in [-0.2, 0) is 6.54 Å². The van der Waals surface area contributed by atoms with Gasteiger partial charge in [0.2, 0.25) is 12.2 Å². The van der Waals surface area contributed by atoms with Gasteiger partial charge in [0.25, 0.3) is 0 Å². The van der Waals surface area contributed by atoms with Crippen molar-refractivity contribution in [3.05, 3.63) is 48.1 Å². The maximum absolute atomic E-state index is 4.90. The van der Waals surface area contributed by atoms with Crippen LogP contribution in [0.25, 0.3) is 0 Å². The summed E-state index contributed by atoms with van der Waals surface area (Å²) in [6.07, 6.45) is 2.40. The van der Waals surface area contributed by atoms with Crippen LogP contribution in [0.4, 0.5) is 0 Å². The van der Waals surface area contributed by atoms with Crippen LogP contribution in [-0.4, -0.2) is 10.1 Å². The van der Waals surface area contributed by atoms with E-state index in [4.69, 9.17) is 4.52 Å². The molecule has 0 spiro atoms. The predicted octanol–water partition coefficient (Wildman–Crippen LogP) is 1.72. The van der Waals surface area contributed by atoms with Crippen LogP contribution in [0.5, 0.6) is 0 Å². The Morgan fingerprint density at radius 1 is 1.40 bits per heavy atom. The highest BCUT2D eigenvalue weighted by atomic mass is 16.5. The molecule has 4 nitrogen and oxygen atoms in total. The lowest BCUT2D eigenvalue weighted by Crippen LogP contribution is -2.18. The summed E-state index contributed by atoms with van der Waals surface area (Å²) in [6.45, 7) is 2.76. The first-order valence-corrected chi connectivity index (χ1v) is 4.83. The molecule has 0 amide bonds. The minimum Gasteiger partial charge on any atom is -0.337 e. The molecule has 2 rings (SSSR count). The lowest BCUT2D eigenvalue weighted by Gasteiger charge is -2.08. The van der Waals surface area contributed by atoms with Crippen LogP contribution >= 0.6 is 0 Å². The minimum absolute atomic E-state index is 0.0453. The first kappa shape index (κ1) is 9.86. The van der Waals surface area contributed by atoms with E-state index in [1.165, 1.54) is 5.56 Å². The highest BCUT2D eigenvalue weighted by Crippen LogP contribution is 2.08. The molecule has 1 heterocycles. The van der Waals surface area contributed by atoms with Gasteiger partial charge in [0.1, 0.15) is 0 Å². The van der Waals surface area contributed by atoms with E-state index in [0.29, 0.717) is 5.89 Å². The van der Waals surface area contributed by atoms with Crippen LogP contribution in [0.2, 0.25) is 0 Å². The highest BCUT2D eigenvalue weighted by Gasteiger charge is 2.09. The number of hydrogen-bond acceptors (Lipinski definition) is 4. The molecule has 0 aliphatic rings. The monoisotopic (exact) mass is 202 g/mol. The normalized spacial score (nSPS) is 12.6. The van der Waals surface area contributed by atoms with Crippen molar-refractivity contribution in [2.45, 2.75) is 19.5 Å².